The molecule has 0 radical (unpaired) electrons. The number of carbonyl (C=O) groups is 1. The molecule has 6 nitrogen and oxygen atoms in total. The Hall–Kier alpha value is -4.08. The van der Waals surface area contributed by atoms with Crippen molar-refractivity contribution in [3.8, 4) is 0 Å². The highest BCUT2D eigenvalue weighted by Crippen LogP contribution is 2.32. The molecule has 2 heterocycles. The fourth-order valence-corrected chi connectivity index (χ4v) is 3.32. The summed E-state index contributed by atoms with van der Waals surface area (Å²) in [6, 6.07) is 8.86. The summed E-state index contributed by atoms with van der Waals surface area (Å²) in [4.78, 5) is 13.0. The molecule has 4 rings (SSSR count). The minimum absolute atomic E-state index is 0.0967. The molecule has 0 atom stereocenters. The summed E-state index contributed by atoms with van der Waals surface area (Å²) in [5.74, 6) is -0.635. The summed E-state index contributed by atoms with van der Waals surface area (Å²) in [7, 11) is 0. The Bertz CT molecular complexity index is 1200. The molecule has 1 amide bonds. The van der Waals surface area contributed by atoms with E-state index in [0.29, 0.717) is 17.8 Å². The number of anilines is 3. The average molecular weight is 458 g/mol. The van der Waals surface area contributed by atoms with E-state index in [4.69, 9.17) is 4.74 Å². The average Bonchev–Trinajstić information content (AvgIpc) is 3.19. The summed E-state index contributed by atoms with van der Waals surface area (Å²) in [5, 5.41) is 8.39. The van der Waals surface area contributed by atoms with Crippen LogP contribution in [0.15, 0.2) is 84.3 Å². The van der Waals surface area contributed by atoms with Gasteiger partial charge in [-0.3, -0.25) is 4.90 Å². The predicted octanol–water partition coefficient (Wildman–Crippen LogP) is 5.67. The van der Waals surface area contributed by atoms with Crippen LogP contribution in [0.5, 0.6) is 0 Å². The van der Waals surface area contributed by atoms with Gasteiger partial charge in [0.25, 0.3) is 0 Å². The van der Waals surface area contributed by atoms with Crippen LogP contribution in [0, 0.1) is 5.82 Å². The molecule has 0 spiro atoms. The number of hydrazone groups is 1. The van der Waals surface area contributed by atoms with Crippen LogP contribution in [0.1, 0.15) is 5.56 Å². The van der Waals surface area contributed by atoms with Gasteiger partial charge in [-0.15, -0.1) is 0 Å². The van der Waals surface area contributed by atoms with Crippen LogP contribution in [0.2, 0.25) is 0 Å². The van der Waals surface area contributed by atoms with Gasteiger partial charge in [-0.2, -0.15) is 18.3 Å². The highest BCUT2D eigenvalue weighted by atomic mass is 19.4. The van der Waals surface area contributed by atoms with Crippen molar-refractivity contribution in [3.05, 3.63) is 90.5 Å². The Kier molecular flexibility index (Phi) is 5.67. The molecule has 2 aromatic rings. The number of carbonyl (C=O) groups excluding carboxylic acids is 1. The number of hydrogen-bond donors (Lipinski definition) is 1. The quantitative estimate of drug-likeness (QED) is 0.587. The lowest BCUT2D eigenvalue weighted by atomic mass is 10.1. The van der Waals surface area contributed by atoms with Gasteiger partial charge in [0, 0.05) is 11.9 Å². The molecular formula is C23H18F4N4O2. The maximum absolute atomic E-state index is 14.9. The normalized spacial score (nSPS) is 16.1. The smallest absolute Gasteiger partial charge is 0.416 e. The standard InChI is InChI=1S/C23H18F4N4O2/c1-14-8-9-31(20-7-6-18(13-19(20)24)30-10-11-33-22(30)32)29-21(14)15(2)28-17-5-3-4-16(12-17)23(25,26)27/h3-9,12-13,28H,1-2,10-11H2. The van der Waals surface area contributed by atoms with Gasteiger partial charge in [0.05, 0.1) is 23.5 Å². The van der Waals surface area contributed by atoms with Crippen molar-refractivity contribution in [2.45, 2.75) is 6.18 Å². The first-order valence-electron chi connectivity index (χ1n) is 9.76. The maximum atomic E-state index is 14.9. The first kappa shape index (κ1) is 22.1. The molecule has 2 aliphatic rings. The van der Waals surface area contributed by atoms with Crippen LogP contribution in [-0.2, 0) is 10.9 Å². The van der Waals surface area contributed by atoms with Gasteiger partial charge in [-0.05, 0) is 48.0 Å². The molecule has 0 bridgehead atoms. The number of cyclic esters (lactones) is 1. The van der Waals surface area contributed by atoms with E-state index >= 15 is 0 Å². The predicted molar refractivity (Wildman–Crippen MR) is 117 cm³/mol. The number of alkyl halides is 3. The van der Waals surface area contributed by atoms with E-state index in [1.165, 1.54) is 40.4 Å². The summed E-state index contributed by atoms with van der Waals surface area (Å²) < 4.78 is 58.7. The third-order valence-electron chi connectivity index (χ3n) is 4.95. The first-order chi connectivity index (χ1) is 15.6. The third-order valence-corrected chi connectivity index (χ3v) is 4.95. The topological polar surface area (TPSA) is 57.2 Å². The largest absolute Gasteiger partial charge is 0.447 e. The molecule has 1 N–H and O–H groups in total. The lowest BCUT2D eigenvalue weighted by Crippen LogP contribution is -2.24. The molecule has 33 heavy (non-hydrogen) atoms. The number of benzene rings is 2. The SMILES string of the molecule is C=C1C=CN(c2ccc(N3CCOC3=O)cc2F)N=C1C(=C)Nc1cccc(C(F)(F)F)c1. The van der Waals surface area contributed by atoms with Crippen LogP contribution in [0.25, 0.3) is 0 Å². The molecule has 1 saturated heterocycles. The van der Waals surface area contributed by atoms with E-state index < -0.39 is 23.7 Å². The van der Waals surface area contributed by atoms with Crippen LogP contribution >= 0.6 is 0 Å². The van der Waals surface area contributed by atoms with Gasteiger partial charge >= 0.3 is 12.3 Å². The second-order valence-electron chi connectivity index (χ2n) is 7.22. The van der Waals surface area contributed by atoms with Crippen molar-refractivity contribution in [3.63, 3.8) is 0 Å². The van der Waals surface area contributed by atoms with Gasteiger partial charge in [0.2, 0.25) is 0 Å². The van der Waals surface area contributed by atoms with Crippen molar-refractivity contribution in [1.82, 2.24) is 0 Å². The van der Waals surface area contributed by atoms with Gasteiger partial charge in [0.15, 0.2) is 5.82 Å². The third kappa shape index (κ3) is 4.59. The van der Waals surface area contributed by atoms with E-state index in [1.54, 1.807) is 12.1 Å². The number of hydrogen-bond acceptors (Lipinski definition) is 5. The van der Waals surface area contributed by atoms with E-state index in [9.17, 15) is 22.4 Å². The minimum atomic E-state index is -4.49. The zero-order valence-corrected chi connectivity index (χ0v) is 17.2. The number of ether oxygens (including phenoxy) is 1. The zero-order chi connectivity index (χ0) is 23.8. The van der Waals surface area contributed by atoms with E-state index in [2.05, 4.69) is 23.6 Å². The number of nitrogens with zero attached hydrogens (tertiary/aromatic N) is 3. The van der Waals surface area contributed by atoms with Gasteiger partial charge in [-0.25, -0.2) is 14.2 Å². The number of nitrogens with one attached hydrogen (secondary N) is 1. The maximum Gasteiger partial charge on any atom is 0.416 e. The Labute approximate surface area is 186 Å². The van der Waals surface area contributed by atoms with Crippen molar-refractivity contribution in [2.75, 3.05) is 28.4 Å². The summed E-state index contributed by atoms with van der Waals surface area (Å²) in [6.45, 7) is 8.26. The lowest BCUT2D eigenvalue weighted by molar-refractivity contribution is -0.137. The van der Waals surface area contributed by atoms with Crippen LogP contribution in [0.4, 0.5) is 39.4 Å². The van der Waals surface area contributed by atoms with E-state index in [1.807, 2.05) is 0 Å². The molecule has 1 fully saturated rings. The Morgan fingerprint density at radius 1 is 1.18 bits per heavy atom. The van der Waals surface area contributed by atoms with Gasteiger partial charge < -0.3 is 10.1 Å². The van der Waals surface area contributed by atoms with E-state index in [-0.39, 0.29) is 29.4 Å². The molecule has 2 aliphatic heterocycles. The van der Waals surface area contributed by atoms with Crippen LogP contribution < -0.4 is 15.2 Å². The fraction of sp³-hybridized carbons (Fsp3) is 0.130. The minimum Gasteiger partial charge on any atom is -0.447 e. The highest BCUT2D eigenvalue weighted by Gasteiger charge is 2.30. The number of allylic oxidation sites excluding steroid dienone is 2. The van der Waals surface area contributed by atoms with Gasteiger partial charge in [0.1, 0.15) is 18.0 Å². The van der Waals surface area contributed by atoms with E-state index in [0.717, 1.165) is 12.1 Å². The monoisotopic (exact) mass is 458 g/mol. The fourth-order valence-electron chi connectivity index (χ4n) is 3.32. The summed E-state index contributed by atoms with van der Waals surface area (Å²) in [6.07, 6.45) is -1.97. The first-order valence-corrected chi connectivity index (χ1v) is 9.76. The number of halogens is 4. The summed E-state index contributed by atoms with van der Waals surface area (Å²) >= 11 is 0. The molecule has 0 saturated carbocycles. The molecular weight excluding hydrogens is 440 g/mol. The number of amides is 1. The highest BCUT2D eigenvalue weighted by molar-refractivity contribution is 6.15. The second-order valence-corrected chi connectivity index (χ2v) is 7.22. The molecule has 0 aromatic heterocycles. The van der Waals surface area contributed by atoms with Gasteiger partial charge in [-0.1, -0.05) is 19.2 Å². The molecule has 0 aliphatic carbocycles. The van der Waals surface area contributed by atoms with Crippen LogP contribution in [0.3, 0.4) is 0 Å². The Morgan fingerprint density at radius 3 is 2.64 bits per heavy atom. The Morgan fingerprint density at radius 2 is 1.97 bits per heavy atom. The number of rotatable bonds is 5. The molecule has 10 heteroatoms. The van der Waals surface area contributed by atoms with Crippen molar-refractivity contribution >= 4 is 28.9 Å². The van der Waals surface area contributed by atoms with Crippen molar-refractivity contribution < 1.29 is 27.1 Å². The zero-order valence-electron chi connectivity index (χ0n) is 17.2. The molecule has 0 unspecified atom stereocenters. The molecule has 2 aromatic carbocycles. The lowest BCUT2D eigenvalue weighted by Gasteiger charge is -2.24. The molecule has 170 valence electrons. The summed E-state index contributed by atoms with van der Waals surface area (Å²) in [5.41, 5.74) is 0.665. The van der Waals surface area contributed by atoms with Crippen molar-refractivity contribution in [2.24, 2.45) is 5.10 Å². The van der Waals surface area contributed by atoms with Crippen LogP contribution in [-0.4, -0.2) is 25.0 Å². The Balaban J connectivity index is 1.56. The second kappa shape index (κ2) is 8.45. The van der Waals surface area contributed by atoms with Crippen molar-refractivity contribution in [1.29, 1.82) is 0 Å².